The van der Waals surface area contributed by atoms with E-state index in [1.54, 1.807) is 6.08 Å². The number of carbonyl (C=O) groups excluding carboxylic acids is 1. The monoisotopic (exact) mass is 293 g/mol. The molecule has 0 unspecified atom stereocenters. The van der Waals surface area contributed by atoms with E-state index < -0.39 is 5.97 Å². The van der Waals surface area contributed by atoms with E-state index in [2.05, 4.69) is 5.32 Å². The molecule has 0 aliphatic heterocycles. The largest absolute Gasteiger partial charge is 0.478 e. The van der Waals surface area contributed by atoms with Crippen LogP contribution in [0.5, 0.6) is 0 Å². The van der Waals surface area contributed by atoms with E-state index >= 15 is 0 Å². The van der Waals surface area contributed by atoms with Crippen molar-refractivity contribution in [3.05, 3.63) is 28.0 Å². The molecular formula is C15H19NO3S. The lowest BCUT2D eigenvalue weighted by Crippen LogP contribution is -2.31. The highest BCUT2D eigenvalue weighted by atomic mass is 32.1. The number of carboxylic acids is 1. The van der Waals surface area contributed by atoms with Gasteiger partial charge in [0.05, 0.1) is 6.54 Å². The molecule has 0 aromatic carbocycles. The molecule has 4 nitrogen and oxygen atoms in total. The van der Waals surface area contributed by atoms with Gasteiger partial charge in [-0.3, -0.25) is 4.79 Å². The third-order valence-corrected chi connectivity index (χ3v) is 4.54. The summed E-state index contributed by atoms with van der Waals surface area (Å²) in [5.74, 6) is -0.624. The van der Waals surface area contributed by atoms with Crippen LogP contribution in [0.25, 0.3) is 6.08 Å². The topological polar surface area (TPSA) is 66.4 Å². The summed E-state index contributed by atoms with van der Waals surface area (Å²) in [6, 6.07) is 3.79. The quantitative estimate of drug-likeness (QED) is 0.820. The van der Waals surface area contributed by atoms with Crippen LogP contribution >= 0.6 is 11.3 Å². The first-order valence-corrected chi connectivity index (χ1v) is 7.74. The Morgan fingerprint density at radius 2 is 2.05 bits per heavy atom. The Kier molecular flexibility index (Phi) is 5.35. The summed E-state index contributed by atoms with van der Waals surface area (Å²) >= 11 is 1.50. The van der Waals surface area contributed by atoms with E-state index in [1.165, 1.54) is 17.8 Å². The van der Waals surface area contributed by atoms with Crippen LogP contribution < -0.4 is 5.32 Å². The molecule has 1 amide bonds. The summed E-state index contributed by atoms with van der Waals surface area (Å²) < 4.78 is 0. The van der Waals surface area contributed by atoms with Gasteiger partial charge in [-0.2, -0.15) is 0 Å². The average molecular weight is 293 g/mol. The van der Waals surface area contributed by atoms with Crippen LogP contribution in [0.4, 0.5) is 0 Å². The van der Waals surface area contributed by atoms with Crippen LogP contribution in [0.3, 0.4) is 0 Å². The van der Waals surface area contributed by atoms with Crippen molar-refractivity contribution >= 4 is 29.3 Å². The highest BCUT2D eigenvalue weighted by Crippen LogP contribution is 2.24. The maximum atomic E-state index is 12.0. The molecule has 108 valence electrons. The number of aliphatic carboxylic acids is 1. The zero-order valence-electron chi connectivity index (χ0n) is 11.3. The third kappa shape index (κ3) is 4.49. The van der Waals surface area contributed by atoms with Gasteiger partial charge in [-0.25, -0.2) is 4.79 Å². The Morgan fingerprint density at radius 1 is 1.30 bits per heavy atom. The van der Waals surface area contributed by atoms with E-state index in [4.69, 9.17) is 5.11 Å². The number of amides is 1. The molecule has 0 radical (unpaired) electrons. The second kappa shape index (κ2) is 7.24. The molecule has 2 N–H and O–H groups in total. The molecule has 20 heavy (non-hydrogen) atoms. The Bertz CT molecular complexity index is 501. The van der Waals surface area contributed by atoms with Crippen molar-refractivity contribution in [2.75, 3.05) is 0 Å². The minimum absolute atomic E-state index is 0.153. The van der Waals surface area contributed by atoms with Crippen LogP contribution in [0, 0.1) is 5.92 Å². The first-order valence-electron chi connectivity index (χ1n) is 6.92. The Hall–Kier alpha value is -1.62. The number of rotatable bonds is 5. The van der Waals surface area contributed by atoms with Crippen LogP contribution in [0.2, 0.25) is 0 Å². The Labute approximate surface area is 122 Å². The maximum Gasteiger partial charge on any atom is 0.328 e. The highest BCUT2D eigenvalue weighted by molar-refractivity contribution is 7.12. The molecule has 1 heterocycles. The number of nitrogens with one attached hydrogen (secondary N) is 1. The maximum absolute atomic E-state index is 12.0. The summed E-state index contributed by atoms with van der Waals surface area (Å²) in [5.41, 5.74) is 0. The van der Waals surface area contributed by atoms with Crippen molar-refractivity contribution in [2.24, 2.45) is 5.92 Å². The van der Waals surface area contributed by atoms with Gasteiger partial charge in [0.25, 0.3) is 0 Å². The summed E-state index contributed by atoms with van der Waals surface area (Å²) in [5, 5.41) is 11.5. The van der Waals surface area contributed by atoms with Crippen molar-refractivity contribution < 1.29 is 14.7 Å². The Balaban J connectivity index is 1.81. The SMILES string of the molecule is O=C(O)C=Cc1ccc(CNC(=O)C2CCCCC2)s1. The third-order valence-electron chi connectivity index (χ3n) is 3.49. The molecule has 5 heteroatoms. The van der Waals surface area contributed by atoms with Crippen LogP contribution in [-0.2, 0) is 16.1 Å². The first-order chi connectivity index (χ1) is 9.65. The molecule has 1 saturated carbocycles. The lowest BCUT2D eigenvalue weighted by Gasteiger charge is -2.20. The molecule has 1 aromatic heterocycles. The summed E-state index contributed by atoms with van der Waals surface area (Å²) in [4.78, 5) is 24.3. The molecule has 1 aliphatic rings. The molecule has 1 aromatic rings. The number of carboxylic acid groups (broad SMARTS) is 1. The molecular weight excluding hydrogens is 274 g/mol. The minimum atomic E-state index is -0.953. The first kappa shape index (κ1) is 14.8. The van der Waals surface area contributed by atoms with E-state index in [-0.39, 0.29) is 11.8 Å². The van der Waals surface area contributed by atoms with Crippen molar-refractivity contribution in [2.45, 2.75) is 38.6 Å². The second-order valence-electron chi connectivity index (χ2n) is 5.03. The van der Waals surface area contributed by atoms with Gasteiger partial charge in [-0.05, 0) is 31.1 Å². The second-order valence-corrected chi connectivity index (χ2v) is 6.23. The number of hydrogen-bond acceptors (Lipinski definition) is 3. The van der Waals surface area contributed by atoms with Crippen molar-refractivity contribution in [3.63, 3.8) is 0 Å². The molecule has 1 fully saturated rings. The smallest absolute Gasteiger partial charge is 0.328 e. The standard InChI is InChI=1S/C15H19NO3S/c17-14(18)9-8-12-6-7-13(20-12)10-16-15(19)11-4-2-1-3-5-11/h6-9,11H,1-5,10H2,(H,16,19)(H,17,18). The van der Waals surface area contributed by atoms with Gasteiger partial charge in [0.1, 0.15) is 0 Å². The van der Waals surface area contributed by atoms with E-state index in [1.807, 2.05) is 12.1 Å². The van der Waals surface area contributed by atoms with Gasteiger partial charge in [-0.1, -0.05) is 19.3 Å². The van der Waals surface area contributed by atoms with Crippen LogP contribution in [0.15, 0.2) is 18.2 Å². The summed E-state index contributed by atoms with van der Waals surface area (Å²) in [6.45, 7) is 0.529. The summed E-state index contributed by atoms with van der Waals surface area (Å²) in [7, 11) is 0. The van der Waals surface area contributed by atoms with Gasteiger partial charge < -0.3 is 10.4 Å². The highest BCUT2D eigenvalue weighted by Gasteiger charge is 2.20. The number of hydrogen-bond donors (Lipinski definition) is 2. The van der Waals surface area contributed by atoms with E-state index in [9.17, 15) is 9.59 Å². The number of thiophene rings is 1. The van der Waals surface area contributed by atoms with Gasteiger partial charge in [0, 0.05) is 21.7 Å². The average Bonchev–Trinajstić information content (AvgIpc) is 2.91. The lowest BCUT2D eigenvalue weighted by molar-refractivity contribution is -0.131. The molecule has 0 atom stereocenters. The fraction of sp³-hybridized carbons (Fsp3) is 0.467. The van der Waals surface area contributed by atoms with Gasteiger partial charge in [0.15, 0.2) is 0 Å². The van der Waals surface area contributed by atoms with Crippen molar-refractivity contribution in [1.82, 2.24) is 5.32 Å². The van der Waals surface area contributed by atoms with Crippen molar-refractivity contribution in [3.8, 4) is 0 Å². The molecule has 0 saturated heterocycles. The lowest BCUT2D eigenvalue weighted by atomic mass is 9.89. The Morgan fingerprint density at radius 3 is 2.75 bits per heavy atom. The van der Waals surface area contributed by atoms with Gasteiger partial charge in [-0.15, -0.1) is 11.3 Å². The predicted octanol–water partition coefficient (Wildman–Crippen LogP) is 3.04. The zero-order valence-corrected chi connectivity index (χ0v) is 12.1. The molecule has 0 bridgehead atoms. The number of carbonyl (C=O) groups is 2. The van der Waals surface area contributed by atoms with Crippen LogP contribution in [0.1, 0.15) is 41.9 Å². The van der Waals surface area contributed by atoms with E-state index in [0.717, 1.165) is 41.5 Å². The van der Waals surface area contributed by atoms with Gasteiger partial charge >= 0.3 is 5.97 Å². The van der Waals surface area contributed by atoms with Crippen LogP contribution in [-0.4, -0.2) is 17.0 Å². The molecule has 1 aliphatic carbocycles. The fourth-order valence-corrected chi connectivity index (χ4v) is 3.27. The zero-order chi connectivity index (χ0) is 14.4. The fourth-order valence-electron chi connectivity index (χ4n) is 2.42. The predicted molar refractivity (Wildman–Crippen MR) is 79.4 cm³/mol. The summed E-state index contributed by atoms with van der Waals surface area (Å²) in [6.07, 6.45) is 8.25. The van der Waals surface area contributed by atoms with Crippen molar-refractivity contribution in [1.29, 1.82) is 0 Å². The molecule has 0 spiro atoms. The van der Waals surface area contributed by atoms with Gasteiger partial charge in [0.2, 0.25) is 5.91 Å². The molecule has 2 rings (SSSR count). The normalized spacial score (nSPS) is 16.4. The minimum Gasteiger partial charge on any atom is -0.478 e. The van der Waals surface area contributed by atoms with E-state index in [0.29, 0.717) is 6.54 Å².